The molecule has 11 heteroatoms. The zero-order valence-corrected chi connectivity index (χ0v) is 21.8. The molecule has 1 heterocycles. The van der Waals surface area contributed by atoms with Gasteiger partial charge in [0, 0.05) is 26.1 Å². The van der Waals surface area contributed by atoms with Crippen LogP contribution in [0.1, 0.15) is 49.0 Å². The molecule has 2 aromatic carbocycles. The van der Waals surface area contributed by atoms with Crippen LogP contribution in [0, 0.1) is 0 Å². The number of fused-ring (bicyclic) bond motifs is 1. The molecule has 0 fully saturated rings. The lowest BCUT2D eigenvalue weighted by molar-refractivity contribution is -0.140. The Morgan fingerprint density at radius 1 is 1.11 bits per heavy atom. The molecule has 1 aliphatic rings. The third kappa shape index (κ3) is 5.97. The molecule has 1 N–H and O–H groups in total. The van der Waals surface area contributed by atoms with Crippen LogP contribution >= 0.6 is 23.2 Å². The summed E-state index contributed by atoms with van der Waals surface area (Å²) >= 11 is 12.1. The predicted molar refractivity (Wildman–Crippen MR) is 134 cm³/mol. The van der Waals surface area contributed by atoms with Gasteiger partial charge in [-0.25, -0.2) is 12.7 Å². The van der Waals surface area contributed by atoms with E-state index in [1.165, 1.54) is 17.0 Å². The number of carbonyl (C=O) groups excluding carboxylic acids is 3. The van der Waals surface area contributed by atoms with E-state index in [-0.39, 0.29) is 48.2 Å². The number of hydrogen-bond donors (Lipinski definition) is 1. The summed E-state index contributed by atoms with van der Waals surface area (Å²) in [5, 5.41) is 3.49. The minimum atomic E-state index is -3.94. The van der Waals surface area contributed by atoms with Crippen molar-refractivity contribution in [3.8, 4) is 0 Å². The highest BCUT2D eigenvalue weighted by molar-refractivity contribution is 7.90. The Balaban J connectivity index is 1.72. The molecule has 188 valence electrons. The molecule has 0 bridgehead atoms. The van der Waals surface area contributed by atoms with Crippen molar-refractivity contribution in [2.24, 2.45) is 0 Å². The van der Waals surface area contributed by atoms with Crippen molar-refractivity contribution in [2.75, 3.05) is 13.1 Å². The van der Waals surface area contributed by atoms with E-state index in [1.807, 2.05) is 6.92 Å². The fraction of sp³-hybridized carbons (Fsp3) is 0.375. The van der Waals surface area contributed by atoms with Crippen LogP contribution in [-0.4, -0.2) is 54.5 Å². The molecular formula is C24H27Cl2N3O5S. The summed E-state index contributed by atoms with van der Waals surface area (Å²) < 4.78 is 26.3. The summed E-state index contributed by atoms with van der Waals surface area (Å²) in [7, 11) is -3.94. The van der Waals surface area contributed by atoms with Gasteiger partial charge in [0.15, 0.2) is 0 Å². The van der Waals surface area contributed by atoms with Crippen molar-refractivity contribution in [3.63, 3.8) is 0 Å². The number of nitrogens with one attached hydrogen (secondary N) is 1. The molecule has 0 aliphatic carbocycles. The van der Waals surface area contributed by atoms with Gasteiger partial charge in [0.25, 0.3) is 15.9 Å². The van der Waals surface area contributed by atoms with Crippen molar-refractivity contribution < 1.29 is 22.8 Å². The Hall–Kier alpha value is -2.62. The smallest absolute Gasteiger partial charge is 0.269 e. The second-order valence-electron chi connectivity index (χ2n) is 8.22. The lowest BCUT2D eigenvalue weighted by atomic mass is 10.1. The van der Waals surface area contributed by atoms with Crippen molar-refractivity contribution in [2.45, 2.75) is 50.6 Å². The van der Waals surface area contributed by atoms with E-state index in [0.29, 0.717) is 22.2 Å². The Morgan fingerprint density at radius 3 is 2.49 bits per heavy atom. The number of halogens is 2. The lowest BCUT2D eigenvalue weighted by Crippen LogP contribution is -2.47. The van der Waals surface area contributed by atoms with Crippen LogP contribution in [-0.2, 0) is 26.2 Å². The summed E-state index contributed by atoms with van der Waals surface area (Å²) in [6, 6.07) is 10.2. The zero-order chi connectivity index (χ0) is 25.8. The van der Waals surface area contributed by atoms with Gasteiger partial charge >= 0.3 is 0 Å². The van der Waals surface area contributed by atoms with Crippen LogP contribution in [0.15, 0.2) is 47.4 Å². The molecule has 0 spiro atoms. The van der Waals surface area contributed by atoms with E-state index in [4.69, 9.17) is 23.2 Å². The van der Waals surface area contributed by atoms with Crippen molar-refractivity contribution in [1.82, 2.24) is 14.5 Å². The number of sulfonamides is 1. The summed E-state index contributed by atoms with van der Waals surface area (Å²) in [5.41, 5.74) is 0.817. The van der Waals surface area contributed by atoms with Gasteiger partial charge in [-0.05, 0) is 49.6 Å². The summed E-state index contributed by atoms with van der Waals surface area (Å²) in [6.07, 6.45) is 0.807. The SMILES string of the molecule is CCCNC(=O)C(C)N(Cc1ccc(Cl)c(Cl)c1)C(=O)CCCN1C(=O)c2ccccc2S1(=O)=O. The van der Waals surface area contributed by atoms with Gasteiger partial charge in [0.05, 0.1) is 15.6 Å². The molecule has 0 saturated carbocycles. The fourth-order valence-corrected chi connectivity index (χ4v) is 5.71. The normalized spacial score (nSPS) is 15.0. The van der Waals surface area contributed by atoms with Gasteiger partial charge in [0.1, 0.15) is 10.9 Å². The third-order valence-electron chi connectivity index (χ3n) is 5.72. The maximum absolute atomic E-state index is 13.2. The molecule has 3 amide bonds. The monoisotopic (exact) mass is 539 g/mol. The van der Waals surface area contributed by atoms with E-state index in [0.717, 1.165) is 10.7 Å². The molecule has 0 saturated heterocycles. The summed E-state index contributed by atoms with van der Waals surface area (Å²) in [4.78, 5) is 39.8. The molecule has 35 heavy (non-hydrogen) atoms. The van der Waals surface area contributed by atoms with Crippen molar-refractivity contribution in [3.05, 3.63) is 63.6 Å². The van der Waals surface area contributed by atoms with E-state index >= 15 is 0 Å². The first-order chi connectivity index (χ1) is 16.6. The number of hydrogen-bond acceptors (Lipinski definition) is 5. The molecule has 1 aliphatic heterocycles. The second kappa shape index (κ2) is 11.4. The first kappa shape index (κ1) is 27.0. The average Bonchev–Trinajstić information content (AvgIpc) is 3.03. The van der Waals surface area contributed by atoms with Gasteiger partial charge in [0.2, 0.25) is 11.8 Å². The number of amides is 3. The number of carbonyl (C=O) groups is 3. The number of nitrogens with zero attached hydrogens (tertiary/aromatic N) is 2. The third-order valence-corrected chi connectivity index (χ3v) is 8.30. The Bertz CT molecular complexity index is 1240. The zero-order valence-electron chi connectivity index (χ0n) is 19.5. The molecule has 0 radical (unpaired) electrons. The topological polar surface area (TPSA) is 104 Å². The number of benzene rings is 2. The summed E-state index contributed by atoms with van der Waals surface area (Å²) in [5.74, 6) is -1.25. The minimum Gasteiger partial charge on any atom is -0.354 e. The molecule has 0 aromatic heterocycles. The van der Waals surface area contributed by atoms with Gasteiger partial charge in [-0.15, -0.1) is 0 Å². The van der Waals surface area contributed by atoms with Crippen LogP contribution in [0.25, 0.3) is 0 Å². The minimum absolute atomic E-state index is 0.0289. The van der Waals surface area contributed by atoms with Crippen LogP contribution in [0.4, 0.5) is 0 Å². The van der Waals surface area contributed by atoms with Crippen molar-refractivity contribution >= 4 is 50.9 Å². The molecule has 1 unspecified atom stereocenters. The van der Waals surface area contributed by atoms with Crippen LogP contribution < -0.4 is 5.32 Å². The van der Waals surface area contributed by atoms with E-state index in [1.54, 1.807) is 37.3 Å². The van der Waals surface area contributed by atoms with Crippen LogP contribution in [0.5, 0.6) is 0 Å². The highest BCUT2D eigenvalue weighted by Crippen LogP contribution is 2.30. The maximum atomic E-state index is 13.2. The van der Waals surface area contributed by atoms with Crippen molar-refractivity contribution in [1.29, 1.82) is 0 Å². The maximum Gasteiger partial charge on any atom is 0.269 e. The van der Waals surface area contributed by atoms with Gasteiger partial charge < -0.3 is 10.2 Å². The Morgan fingerprint density at radius 2 is 1.83 bits per heavy atom. The highest BCUT2D eigenvalue weighted by Gasteiger charge is 2.40. The quantitative estimate of drug-likeness (QED) is 0.493. The average molecular weight is 540 g/mol. The highest BCUT2D eigenvalue weighted by atomic mass is 35.5. The van der Waals surface area contributed by atoms with Gasteiger partial charge in [-0.2, -0.15) is 0 Å². The lowest BCUT2D eigenvalue weighted by Gasteiger charge is -2.29. The fourth-order valence-electron chi connectivity index (χ4n) is 3.78. The van der Waals surface area contributed by atoms with E-state index in [9.17, 15) is 22.8 Å². The van der Waals surface area contributed by atoms with E-state index in [2.05, 4.69) is 5.32 Å². The van der Waals surface area contributed by atoms with Gasteiger partial charge in [-0.3, -0.25) is 14.4 Å². The van der Waals surface area contributed by atoms with Crippen LogP contribution in [0.3, 0.4) is 0 Å². The first-order valence-corrected chi connectivity index (χ1v) is 13.4. The van der Waals surface area contributed by atoms with E-state index < -0.39 is 22.0 Å². The Kier molecular flexibility index (Phi) is 8.79. The molecule has 1 atom stereocenters. The number of rotatable bonds is 10. The second-order valence-corrected chi connectivity index (χ2v) is 10.9. The predicted octanol–water partition coefficient (Wildman–Crippen LogP) is 3.86. The van der Waals surface area contributed by atoms with Crippen LogP contribution in [0.2, 0.25) is 10.0 Å². The molecule has 3 rings (SSSR count). The van der Waals surface area contributed by atoms with Gasteiger partial charge in [-0.1, -0.05) is 48.3 Å². The standard InChI is InChI=1S/C24H27Cl2N3O5S/c1-3-12-27-23(31)16(2)28(15-17-10-11-19(25)20(26)14-17)22(30)9-6-13-29-24(32)18-7-4-5-8-21(18)35(29,33)34/h4-5,7-8,10-11,14,16H,3,6,9,12-13,15H2,1-2H3,(H,27,31). The molecular weight excluding hydrogens is 513 g/mol. The summed E-state index contributed by atoms with van der Waals surface area (Å²) in [6.45, 7) is 4.01. The Labute approximate surface area is 215 Å². The molecule has 8 nitrogen and oxygen atoms in total. The largest absolute Gasteiger partial charge is 0.354 e. The molecule has 2 aromatic rings. The first-order valence-electron chi connectivity index (χ1n) is 11.2.